The van der Waals surface area contributed by atoms with Gasteiger partial charge in [-0.3, -0.25) is 9.59 Å². The van der Waals surface area contributed by atoms with Crippen molar-refractivity contribution in [1.82, 2.24) is 0 Å². The van der Waals surface area contributed by atoms with Gasteiger partial charge in [-0.15, -0.1) is 0 Å². The first-order chi connectivity index (χ1) is 13.3. The van der Waals surface area contributed by atoms with E-state index in [0.717, 1.165) is 12.8 Å². The molecule has 1 saturated carbocycles. The Bertz CT molecular complexity index is 539. The Morgan fingerprint density at radius 2 is 1.93 bits per heavy atom. The van der Waals surface area contributed by atoms with Crippen LogP contribution in [-0.2, 0) is 9.59 Å². The number of ketones is 1. The van der Waals surface area contributed by atoms with Crippen LogP contribution in [0.25, 0.3) is 0 Å². The Balaban J connectivity index is 2.51. The SMILES string of the molecule is CCC(C)C(C)CCC(O)/C=C/C1C(O)CC(=O)C1C/C=C\CCCC(=O)O. The van der Waals surface area contributed by atoms with Gasteiger partial charge in [0.2, 0.25) is 0 Å². The van der Waals surface area contributed by atoms with Gasteiger partial charge in [-0.1, -0.05) is 51.5 Å². The lowest BCUT2D eigenvalue weighted by atomic mass is 9.88. The van der Waals surface area contributed by atoms with Gasteiger partial charge in [0, 0.05) is 24.7 Å². The van der Waals surface area contributed by atoms with E-state index in [1.807, 2.05) is 18.2 Å². The monoisotopic (exact) mass is 394 g/mol. The first-order valence-electron chi connectivity index (χ1n) is 10.7. The molecule has 1 rings (SSSR count). The number of rotatable bonds is 13. The van der Waals surface area contributed by atoms with E-state index >= 15 is 0 Å². The summed E-state index contributed by atoms with van der Waals surface area (Å²) in [6.07, 6.45) is 11.0. The lowest BCUT2D eigenvalue weighted by molar-refractivity contribution is -0.137. The molecule has 1 fully saturated rings. The fourth-order valence-electron chi connectivity index (χ4n) is 3.73. The molecule has 0 saturated heterocycles. The number of hydrogen-bond acceptors (Lipinski definition) is 4. The maximum absolute atomic E-state index is 12.2. The van der Waals surface area contributed by atoms with Gasteiger partial charge in [0.1, 0.15) is 5.78 Å². The summed E-state index contributed by atoms with van der Waals surface area (Å²) in [5.41, 5.74) is 0. The lowest BCUT2D eigenvalue weighted by Crippen LogP contribution is -2.19. The summed E-state index contributed by atoms with van der Waals surface area (Å²) in [4.78, 5) is 22.7. The summed E-state index contributed by atoms with van der Waals surface area (Å²) in [6, 6.07) is 0. The molecule has 1 aliphatic carbocycles. The zero-order chi connectivity index (χ0) is 21.1. The molecule has 0 amide bonds. The van der Waals surface area contributed by atoms with Crippen LogP contribution in [0.5, 0.6) is 0 Å². The minimum atomic E-state index is -0.801. The Kier molecular flexibility index (Phi) is 11.3. The number of carboxylic acid groups (broad SMARTS) is 1. The van der Waals surface area contributed by atoms with Crippen molar-refractivity contribution in [3.05, 3.63) is 24.3 Å². The molecule has 0 aliphatic heterocycles. The molecule has 5 nitrogen and oxygen atoms in total. The second kappa shape index (κ2) is 12.9. The fraction of sp³-hybridized carbons (Fsp3) is 0.739. The summed E-state index contributed by atoms with van der Waals surface area (Å²) < 4.78 is 0. The van der Waals surface area contributed by atoms with Gasteiger partial charge in [0.25, 0.3) is 0 Å². The molecule has 0 aromatic carbocycles. The topological polar surface area (TPSA) is 94.8 Å². The highest BCUT2D eigenvalue weighted by Crippen LogP contribution is 2.33. The van der Waals surface area contributed by atoms with Crippen molar-refractivity contribution in [2.45, 2.75) is 84.3 Å². The van der Waals surface area contributed by atoms with Gasteiger partial charge in [0.15, 0.2) is 0 Å². The summed E-state index contributed by atoms with van der Waals surface area (Å²) >= 11 is 0. The number of carbonyl (C=O) groups excluding carboxylic acids is 1. The zero-order valence-electron chi connectivity index (χ0n) is 17.6. The molecule has 0 aromatic heterocycles. The number of unbranched alkanes of at least 4 members (excludes halogenated alkanes) is 1. The smallest absolute Gasteiger partial charge is 0.303 e. The van der Waals surface area contributed by atoms with Crippen molar-refractivity contribution in [2.75, 3.05) is 0 Å². The van der Waals surface area contributed by atoms with Gasteiger partial charge in [-0.2, -0.15) is 0 Å². The second-order valence-electron chi connectivity index (χ2n) is 8.31. The molecule has 5 heteroatoms. The Labute approximate surface area is 169 Å². The predicted molar refractivity (Wildman–Crippen MR) is 111 cm³/mol. The first-order valence-corrected chi connectivity index (χ1v) is 10.7. The summed E-state index contributed by atoms with van der Waals surface area (Å²) in [7, 11) is 0. The second-order valence-corrected chi connectivity index (χ2v) is 8.31. The highest BCUT2D eigenvalue weighted by atomic mass is 16.4. The predicted octanol–water partition coefficient (Wildman–Crippen LogP) is 4.13. The van der Waals surface area contributed by atoms with E-state index in [2.05, 4.69) is 20.8 Å². The number of aliphatic carboxylic acids is 1. The van der Waals surface area contributed by atoms with Crippen LogP contribution in [0.1, 0.15) is 72.1 Å². The van der Waals surface area contributed by atoms with Crippen molar-refractivity contribution in [3.63, 3.8) is 0 Å². The molecule has 1 aliphatic rings. The summed E-state index contributed by atoms with van der Waals surface area (Å²) in [5, 5.41) is 29.1. The van der Waals surface area contributed by atoms with Gasteiger partial charge < -0.3 is 15.3 Å². The van der Waals surface area contributed by atoms with Crippen LogP contribution >= 0.6 is 0 Å². The van der Waals surface area contributed by atoms with E-state index in [0.29, 0.717) is 37.5 Å². The minimum absolute atomic E-state index is 0.0530. The third kappa shape index (κ3) is 8.70. The van der Waals surface area contributed by atoms with E-state index in [1.165, 1.54) is 0 Å². The van der Waals surface area contributed by atoms with Crippen molar-refractivity contribution in [3.8, 4) is 0 Å². The average Bonchev–Trinajstić information content (AvgIpc) is 2.92. The molecule has 0 bridgehead atoms. The maximum Gasteiger partial charge on any atom is 0.303 e. The average molecular weight is 395 g/mol. The van der Waals surface area contributed by atoms with Gasteiger partial charge in [0.05, 0.1) is 12.2 Å². The Morgan fingerprint density at radius 1 is 1.21 bits per heavy atom. The molecule has 6 unspecified atom stereocenters. The molecule has 0 aromatic rings. The molecule has 0 radical (unpaired) electrons. The van der Waals surface area contributed by atoms with Crippen LogP contribution in [0.2, 0.25) is 0 Å². The molecule has 3 N–H and O–H groups in total. The van der Waals surface area contributed by atoms with Crippen LogP contribution in [0.3, 0.4) is 0 Å². The number of allylic oxidation sites excluding steroid dienone is 2. The Hall–Kier alpha value is -1.46. The van der Waals surface area contributed by atoms with Crippen LogP contribution in [-0.4, -0.2) is 39.3 Å². The van der Waals surface area contributed by atoms with E-state index < -0.39 is 18.2 Å². The van der Waals surface area contributed by atoms with E-state index in [1.54, 1.807) is 6.08 Å². The molecule has 160 valence electrons. The summed E-state index contributed by atoms with van der Waals surface area (Å²) in [5.74, 6) is -0.0872. The number of carbonyl (C=O) groups is 2. The Morgan fingerprint density at radius 3 is 2.57 bits per heavy atom. The van der Waals surface area contributed by atoms with Crippen molar-refractivity contribution in [1.29, 1.82) is 0 Å². The van der Waals surface area contributed by atoms with Crippen molar-refractivity contribution in [2.24, 2.45) is 23.7 Å². The van der Waals surface area contributed by atoms with Crippen molar-refractivity contribution < 1.29 is 24.9 Å². The fourth-order valence-corrected chi connectivity index (χ4v) is 3.73. The highest BCUT2D eigenvalue weighted by Gasteiger charge is 2.39. The number of aliphatic hydroxyl groups is 2. The van der Waals surface area contributed by atoms with E-state index in [4.69, 9.17) is 5.11 Å². The minimum Gasteiger partial charge on any atom is -0.481 e. The molecular formula is C23H38O5. The van der Waals surface area contributed by atoms with Gasteiger partial charge in [-0.25, -0.2) is 0 Å². The van der Waals surface area contributed by atoms with Gasteiger partial charge in [-0.05, 0) is 43.9 Å². The molecule has 0 heterocycles. The standard InChI is InChI=1S/C23H38O5/c1-4-16(2)17(3)11-12-18(24)13-14-20-19(21(25)15-22(20)26)9-7-5-6-8-10-23(27)28/h5,7,13-14,16-20,22,24,26H,4,6,8-12,15H2,1-3H3,(H,27,28)/b7-5-,14-13+. The maximum atomic E-state index is 12.2. The van der Waals surface area contributed by atoms with E-state index in [-0.39, 0.29) is 30.5 Å². The number of carboxylic acids is 1. The summed E-state index contributed by atoms with van der Waals surface area (Å²) in [6.45, 7) is 6.62. The third-order valence-electron chi connectivity index (χ3n) is 6.14. The molecular weight excluding hydrogens is 356 g/mol. The largest absolute Gasteiger partial charge is 0.481 e. The van der Waals surface area contributed by atoms with Crippen LogP contribution in [0.15, 0.2) is 24.3 Å². The highest BCUT2D eigenvalue weighted by molar-refractivity contribution is 5.84. The van der Waals surface area contributed by atoms with Gasteiger partial charge >= 0.3 is 5.97 Å². The number of aliphatic hydroxyl groups excluding tert-OH is 2. The molecule has 0 spiro atoms. The zero-order valence-corrected chi connectivity index (χ0v) is 17.6. The lowest BCUT2D eigenvalue weighted by Gasteiger charge is -2.19. The number of hydrogen-bond donors (Lipinski definition) is 3. The number of Topliss-reactive ketones (excluding diaryl/α,β-unsaturated/α-hetero) is 1. The first kappa shape index (κ1) is 24.6. The third-order valence-corrected chi connectivity index (χ3v) is 6.14. The van der Waals surface area contributed by atoms with E-state index in [9.17, 15) is 19.8 Å². The normalized spacial score (nSPS) is 26.2. The van der Waals surface area contributed by atoms with Crippen molar-refractivity contribution >= 4 is 11.8 Å². The molecule has 6 atom stereocenters. The van der Waals surface area contributed by atoms with Crippen LogP contribution in [0.4, 0.5) is 0 Å². The van der Waals surface area contributed by atoms with Crippen LogP contribution < -0.4 is 0 Å². The molecule has 28 heavy (non-hydrogen) atoms. The quantitative estimate of drug-likeness (QED) is 0.322. The van der Waals surface area contributed by atoms with Crippen LogP contribution in [0, 0.1) is 23.7 Å².